The van der Waals surface area contributed by atoms with E-state index in [4.69, 9.17) is 0 Å². The number of aryl methyl sites for hydroxylation is 1. The quantitative estimate of drug-likeness (QED) is 0.416. The number of hydrogen-bond acceptors (Lipinski definition) is 3. The van der Waals surface area contributed by atoms with E-state index in [0.29, 0.717) is 18.5 Å². The van der Waals surface area contributed by atoms with E-state index in [1.807, 2.05) is 31.2 Å². The van der Waals surface area contributed by atoms with E-state index in [9.17, 15) is 4.79 Å². The van der Waals surface area contributed by atoms with Gasteiger partial charge in [0.25, 0.3) is 0 Å². The molecule has 4 rings (SSSR count). The largest absolute Gasteiger partial charge is 0.354 e. The molecule has 0 fully saturated rings. The Kier molecular flexibility index (Phi) is 3.69. The molecular formula is C20H18N4O. The average molecular weight is 330 g/mol. The molecule has 1 aromatic carbocycles. The van der Waals surface area contributed by atoms with Crippen molar-refractivity contribution in [2.75, 3.05) is 0 Å². The maximum absolute atomic E-state index is 12.2. The number of fused-ring (bicyclic) bond motifs is 2. The molecule has 0 saturated carbocycles. The Bertz CT molecular complexity index is 1100. The molecule has 0 aliphatic heterocycles. The summed E-state index contributed by atoms with van der Waals surface area (Å²) in [7, 11) is 0. The molecule has 2 N–H and O–H groups in total. The molecule has 25 heavy (non-hydrogen) atoms. The predicted octanol–water partition coefficient (Wildman–Crippen LogP) is 4.56. The number of hydrogen-bond donors (Lipinski definition) is 2. The molecular weight excluding hydrogens is 312 g/mol. The van der Waals surface area contributed by atoms with Gasteiger partial charge in [-0.15, -0.1) is 6.58 Å². The highest BCUT2D eigenvalue weighted by atomic mass is 16.1. The van der Waals surface area contributed by atoms with Crippen molar-refractivity contribution in [3.05, 3.63) is 60.6 Å². The van der Waals surface area contributed by atoms with Crippen LogP contribution >= 0.6 is 0 Å². The number of carbonyl (C=O) groups is 1. The monoisotopic (exact) mass is 330 g/mol. The van der Waals surface area contributed by atoms with Crippen LogP contribution in [0.5, 0.6) is 0 Å². The molecule has 0 unspecified atom stereocenters. The average Bonchev–Trinajstić information content (AvgIpc) is 3.20. The zero-order valence-corrected chi connectivity index (χ0v) is 14.0. The minimum absolute atomic E-state index is 0.133. The number of benzene rings is 1. The topological polar surface area (TPSA) is 74.4 Å². The molecule has 0 amide bonds. The molecule has 124 valence electrons. The van der Waals surface area contributed by atoms with Crippen molar-refractivity contribution in [1.82, 2.24) is 19.9 Å². The number of nitrogens with one attached hydrogen (secondary N) is 2. The fraction of sp³-hybridized carbons (Fsp3) is 0.150. The lowest BCUT2D eigenvalue weighted by molar-refractivity contribution is 0.0984. The molecule has 5 nitrogen and oxygen atoms in total. The Labute approximate surface area is 144 Å². The summed E-state index contributed by atoms with van der Waals surface area (Å²) in [5.41, 5.74) is 5.27. The van der Waals surface area contributed by atoms with Crippen LogP contribution in [-0.4, -0.2) is 25.7 Å². The first kappa shape index (κ1) is 15.3. The van der Waals surface area contributed by atoms with Gasteiger partial charge < -0.3 is 9.97 Å². The summed E-state index contributed by atoms with van der Waals surface area (Å²) in [5.74, 6) is 0.967. The summed E-state index contributed by atoms with van der Waals surface area (Å²) in [4.78, 5) is 27.6. The number of carbonyl (C=O) groups excluding carboxylic acids is 1. The van der Waals surface area contributed by atoms with Crippen LogP contribution in [0, 0.1) is 6.92 Å². The Morgan fingerprint density at radius 1 is 1.24 bits per heavy atom. The van der Waals surface area contributed by atoms with E-state index < -0.39 is 0 Å². The standard InChI is InChI=1S/C20H18N4O/c1-3-4-5-18(25)14-7-6-13-10-17(24-16(13)11-14)15-8-9-21-20-19(15)22-12(2)23-20/h3,6-11,24H,1,4-5H2,2H3,(H,21,22,23). The van der Waals surface area contributed by atoms with Crippen molar-refractivity contribution < 1.29 is 4.79 Å². The van der Waals surface area contributed by atoms with E-state index in [1.165, 1.54) is 0 Å². The summed E-state index contributed by atoms with van der Waals surface area (Å²) >= 11 is 0. The van der Waals surface area contributed by atoms with Gasteiger partial charge in [-0.1, -0.05) is 18.2 Å². The van der Waals surface area contributed by atoms with Crippen LogP contribution in [0.3, 0.4) is 0 Å². The number of H-pyrrole nitrogens is 2. The van der Waals surface area contributed by atoms with Crippen molar-refractivity contribution in [3.63, 3.8) is 0 Å². The predicted molar refractivity (Wildman–Crippen MR) is 99.7 cm³/mol. The van der Waals surface area contributed by atoms with Crippen molar-refractivity contribution in [1.29, 1.82) is 0 Å². The van der Waals surface area contributed by atoms with E-state index in [-0.39, 0.29) is 5.78 Å². The van der Waals surface area contributed by atoms with E-state index >= 15 is 0 Å². The lowest BCUT2D eigenvalue weighted by Gasteiger charge is -2.00. The second-order valence-electron chi connectivity index (χ2n) is 6.11. The van der Waals surface area contributed by atoms with Crippen LogP contribution in [0.2, 0.25) is 0 Å². The van der Waals surface area contributed by atoms with Gasteiger partial charge in [-0.25, -0.2) is 9.97 Å². The normalized spacial score (nSPS) is 11.2. The van der Waals surface area contributed by atoms with E-state index in [2.05, 4.69) is 32.6 Å². The fourth-order valence-corrected chi connectivity index (χ4v) is 3.07. The fourth-order valence-electron chi connectivity index (χ4n) is 3.07. The van der Waals surface area contributed by atoms with Gasteiger partial charge in [-0.05, 0) is 31.5 Å². The third kappa shape index (κ3) is 2.74. The first-order valence-corrected chi connectivity index (χ1v) is 8.24. The van der Waals surface area contributed by atoms with Crippen molar-refractivity contribution in [2.45, 2.75) is 19.8 Å². The van der Waals surface area contributed by atoms with Gasteiger partial charge in [0.1, 0.15) is 5.82 Å². The molecule has 5 heteroatoms. The second kappa shape index (κ2) is 6.02. The number of aromatic amines is 2. The first-order valence-electron chi connectivity index (χ1n) is 8.24. The Hall–Kier alpha value is -3.21. The van der Waals surface area contributed by atoms with Crippen LogP contribution in [0.4, 0.5) is 0 Å². The summed E-state index contributed by atoms with van der Waals surface area (Å²) in [5, 5.41) is 1.07. The number of pyridine rings is 1. The number of ketones is 1. The van der Waals surface area contributed by atoms with Crippen LogP contribution < -0.4 is 0 Å². The number of nitrogens with zero attached hydrogens (tertiary/aromatic N) is 2. The zero-order valence-electron chi connectivity index (χ0n) is 14.0. The Morgan fingerprint density at radius 3 is 2.96 bits per heavy atom. The van der Waals surface area contributed by atoms with Crippen molar-refractivity contribution >= 4 is 27.9 Å². The van der Waals surface area contributed by atoms with Gasteiger partial charge in [0.2, 0.25) is 0 Å². The summed E-state index contributed by atoms with van der Waals surface area (Å²) < 4.78 is 0. The number of imidazole rings is 1. The lowest BCUT2D eigenvalue weighted by atomic mass is 10.1. The third-order valence-corrected chi connectivity index (χ3v) is 4.32. The second-order valence-corrected chi connectivity index (χ2v) is 6.11. The molecule has 3 heterocycles. The highest BCUT2D eigenvalue weighted by Crippen LogP contribution is 2.29. The minimum atomic E-state index is 0.133. The number of rotatable bonds is 5. The maximum Gasteiger partial charge on any atom is 0.178 e. The van der Waals surface area contributed by atoms with Crippen molar-refractivity contribution in [3.8, 4) is 11.3 Å². The van der Waals surface area contributed by atoms with Gasteiger partial charge in [0, 0.05) is 40.3 Å². The number of aromatic nitrogens is 4. The molecule has 0 aliphatic rings. The number of allylic oxidation sites excluding steroid dienone is 1. The van der Waals surface area contributed by atoms with Crippen LogP contribution in [-0.2, 0) is 0 Å². The van der Waals surface area contributed by atoms with Gasteiger partial charge in [-0.3, -0.25) is 4.79 Å². The summed E-state index contributed by atoms with van der Waals surface area (Å²) in [6, 6.07) is 9.82. The Balaban J connectivity index is 1.78. The minimum Gasteiger partial charge on any atom is -0.354 e. The lowest BCUT2D eigenvalue weighted by Crippen LogP contribution is -1.97. The van der Waals surface area contributed by atoms with E-state index in [0.717, 1.165) is 39.1 Å². The van der Waals surface area contributed by atoms with E-state index in [1.54, 1.807) is 12.3 Å². The smallest absolute Gasteiger partial charge is 0.178 e. The molecule has 0 bridgehead atoms. The van der Waals surface area contributed by atoms with Gasteiger partial charge in [-0.2, -0.15) is 0 Å². The molecule has 4 aromatic rings. The van der Waals surface area contributed by atoms with Crippen LogP contribution in [0.1, 0.15) is 29.0 Å². The third-order valence-electron chi connectivity index (χ3n) is 4.32. The first-order chi connectivity index (χ1) is 12.2. The van der Waals surface area contributed by atoms with Gasteiger partial charge in [0.05, 0.1) is 5.52 Å². The zero-order chi connectivity index (χ0) is 17.4. The Morgan fingerprint density at radius 2 is 2.12 bits per heavy atom. The molecule has 0 radical (unpaired) electrons. The van der Waals surface area contributed by atoms with Crippen molar-refractivity contribution in [2.24, 2.45) is 0 Å². The van der Waals surface area contributed by atoms with Gasteiger partial charge >= 0.3 is 0 Å². The molecule has 0 saturated heterocycles. The maximum atomic E-state index is 12.2. The highest BCUT2D eigenvalue weighted by molar-refractivity contribution is 6.01. The molecule has 0 spiro atoms. The highest BCUT2D eigenvalue weighted by Gasteiger charge is 2.12. The summed E-state index contributed by atoms with van der Waals surface area (Å²) in [6.45, 7) is 5.58. The SMILES string of the molecule is C=CCCC(=O)c1ccc2cc(-c3ccnc4nc(C)[nH]c34)[nH]c2c1. The molecule has 0 atom stereocenters. The number of Topliss-reactive ketones (excluding diaryl/α,β-unsaturated/α-hetero) is 1. The molecule has 3 aromatic heterocycles. The summed E-state index contributed by atoms with van der Waals surface area (Å²) in [6.07, 6.45) is 4.71. The van der Waals surface area contributed by atoms with Crippen LogP contribution in [0.15, 0.2) is 49.2 Å². The van der Waals surface area contributed by atoms with Crippen LogP contribution in [0.25, 0.3) is 33.3 Å². The van der Waals surface area contributed by atoms with Gasteiger partial charge in [0.15, 0.2) is 11.4 Å². The molecule has 0 aliphatic carbocycles.